The number of aliphatic hydroxyl groups excluding tert-OH is 1. The van der Waals surface area contributed by atoms with Gasteiger partial charge < -0.3 is 15.3 Å². The van der Waals surface area contributed by atoms with E-state index in [4.69, 9.17) is 0 Å². The van der Waals surface area contributed by atoms with Crippen LogP contribution in [0.3, 0.4) is 0 Å². The van der Waals surface area contributed by atoms with Crippen molar-refractivity contribution in [1.29, 1.82) is 0 Å². The average Bonchev–Trinajstić information content (AvgIpc) is 2.37. The first-order valence-electron chi connectivity index (χ1n) is 5.88. The number of carbonyl (C=O) groups excluding carboxylic acids is 1. The van der Waals surface area contributed by atoms with E-state index in [0.717, 1.165) is 16.3 Å². The summed E-state index contributed by atoms with van der Waals surface area (Å²) in [6, 6.07) is 5.96. The summed E-state index contributed by atoms with van der Waals surface area (Å²) in [6.07, 6.45) is 0. The second kappa shape index (κ2) is 4.82. The van der Waals surface area contributed by atoms with Crippen molar-refractivity contribution in [2.45, 2.75) is 24.3 Å². The topological polar surface area (TPSA) is 52.6 Å². The second-order valence-corrected chi connectivity index (χ2v) is 5.94. The third-order valence-electron chi connectivity index (χ3n) is 3.08. The van der Waals surface area contributed by atoms with Crippen molar-refractivity contribution in [3.8, 4) is 0 Å². The smallest absolute Gasteiger partial charge is 0.237 e. The first kappa shape index (κ1) is 13.2. The lowest BCUT2D eigenvalue weighted by molar-refractivity contribution is -0.117. The summed E-state index contributed by atoms with van der Waals surface area (Å²) in [5.41, 5.74) is 1.25. The minimum Gasteiger partial charge on any atom is -0.394 e. The Labute approximate surface area is 111 Å². The fraction of sp³-hybridized carbons (Fsp3) is 0.462. The standard InChI is InChI=1S/C13H18N2O2S/c1-13(2,8-16)15-10-6-9(14-3)4-5-11(10)18-7-12(15)17/h4-6,14,16H,7-8H2,1-3H3. The molecule has 0 bridgehead atoms. The zero-order valence-electron chi connectivity index (χ0n) is 10.9. The van der Waals surface area contributed by atoms with Gasteiger partial charge in [0.25, 0.3) is 0 Å². The number of nitrogens with one attached hydrogen (secondary N) is 1. The maximum Gasteiger partial charge on any atom is 0.237 e. The van der Waals surface area contributed by atoms with Crippen molar-refractivity contribution in [2.24, 2.45) is 0 Å². The van der Waals surface area contributed by atoms with Gasteiger partial charge in [-0.1, -0.05) is 0 Å². The molecule has 0 saturated carbocycles. The molecule has 1 aliphatic heterocycles. The van der Waals surface area contributed by atoms with E-state index in [-0.39, 0.29) is 12.5 Å². The molecular formula is C13H18N2O2S. The van der Waals surface area contributed by atoms with E-state index < -0.39 is 5.54 Å². The van der Waals surface area contributed by atoms with Crippen LogP contribution in [0, 0.1) is 0 Å². The molecule has 0 atom stereocenters. The third-order valence-corrected chi connectivity index (χ3v) is 4.13. The number of benzene rings is 1. The number of aliphatic hydroxyl groups is 1. The van der Waals surface area contributed by atoms with Crippen LogP contribution >= 0.6 is 11.8 Å². The summed E-state index contributed by atoms with van der Waals surface area (Å²) in [4.78, 5) is 14.9. The Kier molecular flexibility index (Phi) is 3.54. The van der Waals surface area contributed by atoms with E-state index in [9.17, 15) is 9.90 Å². The Morgan fingerprint density at radius 3 is 2.83 bits per heavy atom. The van der Waals surface area contributed by atoms with Gasteiger partial charge in [-0.2, -0.15) is 0 Å². The van der Waals surface area contributed by atoms with Gasteiger partial charge in [-0.05, 0) is 32.0 Å². The van der Waals surface area contributed by atoms with Crippen LogP contribution in [0.2, 0.25) is 0 Å². The molecule has 0 aliphatic carbocycles. The first-order valence-corrected chi connectivity index (χ1v) is 6.86. The molecule has 0 saturated heterocycles. The lowest BCUT2D eigenvalue weighted by atomic mass is 10.0. The highest BCUT2D eigenvalue weighted by molar-refractivity contribution is 8.00. The van der Waals surface area contributed by atoms with Crippen molar-refractivity contribution in [3.05, 3.63) is 18.2 Å². The van der Waals surface area contributed by atoms with Crippen molar-refractivity contribution < 1.29 is 9.90 Å². The van der Waals surface area contributed by atoms with Crippen LogP contribution in [0.15, 0.2) is 23.1 Å². The predicted octanol–water partition coefficient (Wildman–Crippen LogP) is 1.94. The molecular weight excluding hydrogens is 248 g/mol. The van der Waals surface area contributed by atoms with Crippen LogP contribution in [-0.4, -0.2) is 36.0 Å². The van der Waals surface area contributed by atoms with Crippen LogP contribution in [0.25, 0.3) is 0 Å². The maximum absolute atomic E-state index is 12.1. The molecule has 1 aromatic rings. The number of amides is 1. The summed E-state index contributed by atoms with van der Waals surface area (Å²) in [6.45, 7) is 3.68. The zero-order chi connectivity index (χ0) is 13.3. The van der Waals surface area contributed by atoms with Gasteiger partial charge in [0.05, 0.1) is 23.6 Å². The normalized spacial score (nSPS) is 15.6. The maximum atomic E-state index is 12.1. The van der Waals surface area contributed by atoms with Gasteiger partial charge in [0.15, 0.2) is 0 Å². The summed E-state index contributed by atoms with van der Waals surface area (Å²) < 4.78 is 0. The van der Waals surface area contributed by atoms with E-state index in [0.29, 0.717) is 5.75 Å². The fourth-order valence-corrected chi connectivity index (χ4v) is 2.91. The summed E-state index contributed by atoms with van der Waals surface area (Å²) in [5.74, 6) is 0.467. The Hall–Kier alpha value is -1.20. The molecule has 5 heteroatoms. The third kappa shape index (κ3) is 2.20. The molecule has 18 heavy (non-hydrogen) atoms. The van der Waals surface area contributed by atoms with Gasteiger partial charge in [-0.3, -0.25) is 4.79 Å². The first-order chi connectivity index (χ1) is 8.49. The molecule has 1 amide bonds. The van der Waals surface area contributed by atoms with E-state index in [1.807, 2.05) is 39.1 Å². The number of nitrogens with zero attached hydrogens (tertiary/aromatic N) is 1. The number of anilines is 2. The number of hydrogen-bond acceptors (Lipinski definition) is 4. The largest absolute Gasteiger partial charge is 0.394 e. The van der Waals surface area contributed by atoms with E-state index in [1.165, 1.54) is 0 Å². The molecule has 98 valence electrons. The Morgan fingerprint density at radius 2 is 2.22 bits per heavy atom. The SMILES string of the molecule is CNc1ccc2c(c1)N(C(C)(C)CO)C(=O)CS2. The number of hydrogen-bond donors (Lipinski definition) is 2. The van der Waals surface area contributed by atoms with E-state index in [2.05, 4.69) is 5.32 Å². The Bertz CT molecular complexity index is 474. The number of rotatable bonds is 3. The summed E-state index contributed by atoms with van der Waals surface area (Å²) in [5, 5.41) is 12.6. The van der Waals surface area contributed by atoms with Crippen LogP contribution in [-0.2, 0) is 4.79 Å². The highest BCUT2D eigenvalue weighted by Crippen LogP contribution is 2.40. The van der Waals surface area contributed by atoms with Crippen molar-refractivity contribution in [3.63, 3.8) is 0 Å². The monoisotopic (exact) mass is 266 g/mol. The lowest BCUT2D eigenvalue weighted by Gasteiger charge is -2.40. The van der Waals surface area contributed by atoms with Crippen LogP contribution in [0.1, 0.15) is 13.8 Å². The molecule has 1 aromatic carbocycles. The van der Waals surface area contributed by atoms with Crippen LogP contribution in [0.4, 0.5) is 11.4 Å². The highest BCUT2D eigenvalue weighted by Gasteiger charge is 2.35. The molecule has 2 N–H and O–H groups in total. The minimum atomic E-state index is -0.584. The highest BCUT2D eigenvalue weighted by atomic mass is 32.2. The van der Waals surface area contributed by atoms with Crippen molar-refractivity contribution in [1.82, 2.24) is 0 Å². The van der Waals surface area contributed by atoms with Gasteiger partial charge in [0, 0.05) is 17.6 Å². The van der Waals surface area contributed by atoms with Gasteiger partial charge >= 0.3 is 0 Å². The molecule has 0 radical (unpaired) electrons. The molecule has 2 rings (SSSR count). The van der Waals surface area contributed by atoms with Gasteiger partial charge in [0.1, 0.15) is 0 Å². The van der Waals surface area contributed by atoms with Crippen molar-refractivity contribution in [2.75, 3.05) is 29.6 Å². The van der Waals surface area contributed by atoms with Crippen molar-refractivity contribution >= 4 is 29.0 Å². The van der Waals surface area contributed by atoms with Gasteiger partial charge in [0.2, 0.25) is 5.91 Å². The zero-order valence-corrected chi connectivity index (χ0v) is 11.7. The number of thioether (sulfide) groups is 1. The lowest BCUT2D eigenvalue weighted by Crippen LogP contribution is -2.52. The molecule has 0 unspecified atom stereocenters. The van der Waals surface area contributed by atoms with E-state index >= 15 is 0 Å². The molecule has 0 spiro atoms. The molecule has 1 aliphatic rings. The number of carbonyl (C=O) groups is 1. The minimum absolute atomic E-state index is 0.0415. The predicted molar refractivity (Wildman–Crippen MR) is 75.4 cm³/mol. The Morgan fingerprint density at radius 1 is 1.50 bits per heavy atom. The summed E-state index contributed by atoms with van der Waals surface area (Å²) in [7, 11) is 1.85. The average molecular weight is 266 g/mol. The number of fused-ring (bicyclic) bond motifs is 1. The fourth-order valence-electron chi connectivity index (χ4n) is 2.04. The Balaban J connectivity index is 2.52. The van der Waals surface area contributed by atoms with Crippen LogP contribution < -0.4 is 10.2 Å². The van der Waals surface area contributed by atoms with E-state index in [1.54, 1.807) is 16.7 Å². The molecule has 0 aromatic heterocycles. The van der Waals surface area contributed by atoms with Crippen LogP contribution in [0.5, 0.6) is 0 Å². The molecule has 0 fully saturated rings. The molecule has 1 heterocycles. The van der Waals surface area contributed by atoms with Gasteiger partial charge in [-0.25, -0.2) is 0 Å². The molecule has 4 nitrogen and oxygen atoms in total. The quantitative estimate of drug-likeness (QED) is 0.878. The second-order valence-electron chi connectivity index (χ2n) is 4.92. The summed E-state index contributed by atoms with van der Waals surface area (Å²) >= 11 is 1.55. The van der Waals surface area contributed by atoms with Gasteiger partial charge in [-0.15, -0.1) is 11.8 Å².